The molecule has 2 aromatic rings. The van der Waals surface area contributed by atoms with E-state index in [1.165, 1.54) is 19.9 Å². The Morgan fingerprint density at radius 2 is 1.83 bits per heavy atom. The molecule has 8 heteroatoms. The Labute approximate surface area is 132 Å². The second-order valence-electron chi connectivity index (χ2n) is 4.81. The summed E-state index contributed by atoms with van der Waals surface area (Å²) in [7, 11) is 0. The molecule has 0 aliphatic heterocycles. The summed E-state index contributed by atoms with van der Waals surface area (Å²) in [5.41, 5.74) is 5.21. The second kappa shape index (κ2) is 7.21. The SMILES string of the molecule is CC(=O)NC(C)C(=O)NNC(=O)c1cc(-c2ccccc2)on1. The van der Waals surface area contributed by atoms with Crippen molar-refractivity contribution in [2.24, 2.45) is 0 Å². The standard InChI is InChI=1S/C15H16N4O4/c1-9(16-10(2)20)14(21)17-18-15(22)12-8-13(23-19-12)11-6-4-3-5-7-11/h3-9H,1-2H3,(H,16,20)(H,17,21)(H,18,22). The molecular formula is C15H16N4O4. The lowest BCUT2D eigenvalue weighted by molar-refractivity contribution is -0.128. The number of hydrogen-bond acceptors (Lipinski definition) is 5. The minimum absolute atomic E-state index is 0.0244. The number of nitrogens with zero attached hydrogens (tertiary/aromatic N) is 1. The van der Waals surface area contributed by atoms with Gasteiger partial charge in [-0.2, -0.15) is 0 Å². The quantitative estimate of drug-likeness (QED) is 0.716. The third-order valence-electron chi connectivity index (χ3n) is 2.91. The summed E-state index contributed by atoms with van der Waals surface area (Å²) in [6.07, 6.45) is 0. The molecule has 8 nitrogen and oxygen atoms in total. The van der Waals surface area contributed by atoms with E-state index in [9.17, 15) is 14.4 Å². The molecule has 23 heavy (non-hydrogen) atoms. The van der Waals surface area contributed by atoms with Crippen LogP contribution in [0.4, 0.5) is 0 Å². The van der Waals surface area contributed by atoms with Gasteiger partial charge in [0.25, 0.3) is 11.8 Å². The van der Waals surface area contributed by atoms with Gasteiger partial charge in [0, 0.05) is 18.6 Å². The highest BCUT2D eigenvalue weighted by Crippen LogP contribution is 2.19. The number of amides is 3. The first-order valence-electron chi connectivity index (χ1n) is 6.87. The number of carbonyl (C=O) groups is 3. The molecule has 2 rings (SSSR count). The Balaban J connectivity index is 1.93. The van der Waals surface area contributed by atoms with Crippen LogP contribution in [0.15, 0.2) is 40.9 Å². The molecule has 0 fully saturated rings. The first kappa shape index (κ1) is 16.2. The van der Waals surface area contributed by atoms with Crippen molar-refractivity contribution in [3.05, 3.63) is 42.1 Å². The molecule has 120 valence electrons. The summed E-state index contributed by atoms with van der Waals surface area (Å²) in [6, 6.07) is 9.86. The minimum atomic E-state index is -0.773. The smallest absolute Gasteiger partial charge is 0.291 e. The van der Waals surface area contributed by atoms with Crippen LogP contribution in [-0.4, -0.2) is 28.9 Å². The largest absolute Gasteiger partial charge is 0.355 e. The van der Waals surface area contributed by atoms with E-state index in [0.29, 0.717) is 5.76 Å². The number of carbonyl (C=O) groups excluding carboxylic acids is 3. The molecule has 0 aliphatic rings. The van der Waals surface area contributed by atoms with Crippen LogP contribution < -0.4 is 16.2 Å². The predicted octanol–water partition coefficient (Wildman–Crippen LogP) is 0.627. The predicted molar refractivity (Wildman–Crippen MR) is 80.8 cm³/mol. The van der Waals surface area contributed by atoms with Crippen molar-refractivity contribution < 1.29 is 18.9 Å². The maximum Gasteiger partial charge on any atom is 0.291 e. The Morgan fingerprint density at radius 1 is 1.13 bits per heavy atom. The normalized spacial score (nSPS) is 11.4. The van der Waals surface area contributed by atoms with Gasteiger partial charge in [-0.15, -0.1) is 0 Å². The number of aromatic nitrogens is 1. The van der Waals surface area contributed by atoms with E-state index in [4.69, 9.17) is 4.52 Å². The van der Waals surface area contributed by atoms with Crippen molar-refractivity contribution >= 4 is 17.7 Å². The summed E-state index contributed by atoms with van der Waals surface area (Å²) in [5.74, 6) is -1.09. The molecule has 0 bridgehead atoms. The van der Waals surface area contributed by atoms with Crippen molar-refractivity contribution in [2.45, 2.75) is 19.9 Å². The Morgan fingerprint density at radius 3 is 2.48 bits per heavy atom. The maximum atomic E-state index is 11.9. The van der Waals surface area contributed by atoms with Crippen LogP contribution in [0, 0.1) is 0 Å². The molecule has 1 aromatic carbocycles. The fourth-order valence-corrected chi connectivity index (χ4v) is 1.78. The third kappa shape index (κ3) is 4.40. The molecule has 0 saturated carbocycles. The number of benzene rings is 1. The van der Waals surface area contributed by atoms with Crippen molar-refractivity contribution in [3.63, 3.8) is 0 Å². The molecule has 0 aliphatic carbocycles. The summed E-state index contributed by atoms with van der Waals surface area (Å²) in [5, 5.41) is 6.05. The highest BCUT2D eigenvalue weighted by Gasteiger charge is 2.17. The van der Waals surface area contributed by atoms with Gasteiger partial charge in [-0.05, 0) is 6.92 Å². The van der Waals surface area contributed by atoms with Gasteiger partial charge >= 0.3 is 0 Å². The fourth-order valence-electron chi connectivity index (χ4n) is 1.78. The average molecular weight is 316 g/mol. The van der Waals surface area contributed by atoms with Crippen LogP contribution in [0.1, 0.15) is 24.3 Å². The maximum absolute atomic E-state index is 11.9. The van der Waals surface area contributed by atoms with Gasteiger partial charge in [0.15, 0.2) is 11.5 Å². The number of nitrogens with one attached hydrogen (secondary N) is 3. The van der Waals surface area contributed by atoms with Crippen molar-refractivity contribution in [1.29, 1.82) is 0 Å². The first-order valence-corrected chi connectivity index (χ1v) is 6.87. The highest BCUT2D eigenvalue weighted by molar-refractivity contribution is 5.95. The number of rotatable bonds is 4. The van der Waals surface area contributed by atoms with E-state index >= 15 is 0 Å². The highest BCUT2D eigenvalue weighted by atomic mass is 16.5. The van der Waals surface area contributed by atoms with E-state index in [1.54, 1.807) is 0 Å². The number of hydrogen-bond donors (Lipinski definition) is 3. The Kier molecular flexibility index (Phi) is 5.08. The van der Waals surface area contributed by atoms with Crippen LogP contribution in [-0.2, 0) is 9.59 Å². The zero-order valence-electron chi connectivity index (χ0n) is 12.6. The summed E-state index contributed by atoms with van der Waals surface area (Å²) < 4.78 is 5.10. The van der Waals surface area contributed by atoms with Crippen molar-refractivity contribution in [1.82, 2.24) is 21.3 Å². The zero-order chi connectivity index (χ0) is 16.8. The van der Waals surface area contributed by atoms with Gasteiger partial charge in [0.05, 0.1) is 0 Å². The van der Waals surface area contributed by atoms with Crippen molar-refractivity contribution in [3.8, 4) is 11.3 Å². The summed E-state index contributed by atoms with van der Waals surface area (Å²) >= 11 is 0. The first-order chi connectivity index (χ1) is 11.0. The lowest BCUT2D eigenvalue weighted by atomic mass is 10.1. The van der Waals surface area contributed by atoms with Crippen LogP contribution in [0.25, 0.3) is 11.3 Å². The Bertz CT molecular complexity index is 711. The molecule has 3 amide bonds. The van der Waals surface area contributed by atoms with E-state index in [-0.39, 0.29) is 11.6 Å². The minimum Gasteiger partial charge on any atom is -0.355 e. The van der Waals surface area contributed by atoms with Crippen LogP contribution in [0.3, 0.4) is 0 Å². The molecule has 1 heterocycles. The lowest BCUT2D eigenvalue weighted by Crippen LogP contribution is -2.50. The fraction of sp³-hybridized carbons (Fsp3) is 0.200. The molecule has 0 saturated heterocycles. The van der Waals surface area contributed by atoms with Crippen LogP contribution in [0.5, 0.6) is 0 Å². The molecule has 1 unspecified atom stereocenters. The lowest BCUT2D eigenvalue weighted by Gasteiger charge is -2.12. The Hall–Kier alpha value is -3.16. The van der Waals surface area contributed by atoms with Gasteiger partial charge in [-0.3, -0.25) is 25.2 Å². The van der Waals surface area contributed by atoms with E-state index < -0.39 is 17.9 Å². The summed E-state index contributed by atoms with van der Waals surface area (Å²) in [4.78, 5) is 34.4. The average Bonchev–Trinajstić information content (AvgIpc) is 3.02. The second-order valence-corrected chi connectivity index (χ2v) is 4.81. The molecule has 1 aromatic heterocycles. The molecular weight excluding hydrogens is 300 g/mol. The van der Waals surface area contributed by atoms with Gasteiger partial charge in [-0.25, -0.2) is 0 Å². The van der Waals surface area contributed by atoms with Gasteiger partial charge in [0.2, 0.25) is 5.91 Å². The number of hydrazine groups is 1. The van der Waals surface area contributed by atoms with Crippen LogP contribution in [0.2, 0.25) is 0 Å². The van der Waals surface area contributed by atoms with E-state index in [2.05, 4.69) is 21.3 Å². The topological polar surface area (TPSA) is 113 Å². The zero-order valence-corrected chi connectivity index (χ0v) is 12.6. The molecule has 3 N–H and O–H groups in total. The molecule has 0 spiro atoms. The van der Waals surface area contributed by atoms with Gasteiger partial charge in [-0.1, -0.05) is 35.5 Å². The van der Waals surface area contributed by atoms with E-state index in [0.717, 1.165) is 5.56 Å². The van der Waals surface area contributed by atoms with E-state index in [1.807, 2.05) is 30.3 Å². The van der Waals surface area contributed by atoms with Crippen molar-refractivity contribution in [2.75, 3.05) is 0 Å². The third-order valence-corrected chi connectivity index (χ3v) is 2.91. The monoisotopic (exact) mass is 316 g/mol. The summed E-state index contributed by atoms with van der Waals surface area (Å²) in [6.45, 7) is 2.79. The van der Waals surface area contributed by atoms with Crippen LogP contribution >= 0.6 is 0 Å². The van der Waals surface area contributed by atoms with Gasteiger partial charge < -0.3 is 9.84 Å². The molecule has 0 radical (unpaired) electrons. The molecule has 1 atom stereocenters. The van der Waals surface area contributed by atoms with Gasteiger partial charge in [0.1, 0.15) is 6.04 Å².